The number of ether oxygens (including phenoxy) is 3. The van der Waals surface area contributed by atoms with Crippen LogP contribution < -0.4 is 14.5 Å². The number of likely N-dealkylation sites (N-methyl/N-ethyl adjacent to an activating group) is 2. The van der Waals surface area contributed by atoms with Gasteiger partial charge in [-0.2, -0.15) is 20.5 Å². The van der Waals surface area contributed by atoms with Gasteiger partial charge in [0.05, 0.1) is 41.4 Å². The van der Waals surface area contributed by atoms with Crippen LogP contribution in [0.3, 0.4) is 0 Å². The highest BCUT2D eigenvalue weighted by Crippen LogP contribution is 2.25. The third-order valence-electron chi connectivity index (χ3n) is 6.97. The van der Waals surface area contributed by atoms with Crippen LogP contribution in [0.25, 0.3) is 0 Å². The van der Waals surface area contributed by atoms with E-state index < -0.39 is 17.9 Å². The summed E-state index contributed by atoms with van der Waals surface area (Å²) in [6, 6.07) is 28.2. The second-order valence-corrected chi connectivity index (χ2v) is 10.4. The van der Waals surface area contributed by atoms with E-state index in [-0.39, 0.29) is 13.2 Å². The summed E-state index contributed by atoms with van der Waals surface area (Å²) in [6.07, 6.45) is 2.27. The highest BCUT2D eigenvalue weighted by Gasteiger charge is 2.09. The molecule has 4 aromatic carbocycles. The topological polar surface area (TPSA) is 135 Å². The van der Waals surface area contributed by atoms with E-state index in [0.29, 0.717) is 47.2 Å². The molecule has 12 nitrogen and oxygen atoms in total. The van der Waals surface area contributed by atoms with E-state index >= 15 is 0 Å². The van der Waals surface area contributed by atoms with Gasteiger partial charge in [0.2, 0.25) is 0 Å². The monoisotopic (exact) mass is 660 g/mol. The quantitative estimate of drug-likeness (QED) is 0.0510. The number of hydrogen-bond donors (Lipinski definition) is 0. The van der Waals surface area contributed by atoms with Crippen LogP contribution in [-0.2, 0) is 19.1 Å². The van der Waals surface area contributed by atoms with Gasteiger partial charge in [0.25, 0.3) is 0 Å². The van der Waals surface area contributed by atoms with E-state index in [1.54, 1.807) is 48.5 Å². The Morgan fingerprint density at radius 3 is 1.29 bits per heavy atom. The summed E-state index contributed by atoms with van der Waals surface area (Å²) in [6.45, 7) is 8.33. The molecular formula is C37H36N6O6. The first kappa shape index (κ1) is 35.4. The van der Waals surface area contributed by atoms with Crippen molar-refractivity contribution in [3.05, 3.63) is 128 Å². The molecule has 0 atom stereocenters. The summed E-state index contributed by atoms with van der Waals surface area (Å²) in [7, 11) is 3.79. The van der Waals surface area contributed by atoms with Gasteiger partial charge >= 0.3 is 17.9 Å². The average Bonchev–Trinajstić information content (AvgIpc) is 3.14. The minimum absolute atomic E-state index is 0.253. The molecule has 0 aliphatic rings. The molecule has 0 saturated heterocycles. The van der Waals surface area contributed by atoms with Crippen molar-refractivity contribution in [3.8, 4) is 5.75 Å². The zero-order valence-electron chi connectivity index (χ0n) is 27.3. The molecule has 0 N–H and O–H groups in total. The minimum Gasteiger partial charge on any atom is -0.461 e. The van der Waals surface area contributed by atoms with Crippen LogP contribution in [0.5, 0.6) is 5.75 Å². The van der Waals surface area contributed by atoms with E-state index in [9.17, 15) is 14.4 Å². The summed E-state index contributed by atoms with van der Waals surface area (Å²) >= 11 is 0. The van der Waals surface area contributed by atoms with Crippen LogP contribution in [0.1, 0.15) is 10.4 Å². The molecule has 4 aromatic rings. The molecule has 0 aliphatic carbocycles. The lowest BCUT2D eigenvalue weighted by Crippen LogP contribution is -2.23. The summed E-state index contributed by atoms with van der Waals surface area (Å²) < 4.78 is 15.5. The lowest BCUT2D eigenvalue weighted by atomic mass is 10.2. The molecule has 49 heavy (non-hydrogen) atoms. The van der Waals surface area contributed by atoms with Crippen LogP contribution in [0.4, 0.5) is 34.1 Å². The number of nitrogens with zero attached hydrogens (tertiary/aromatic N) is 6. The van der Waals surface area contributed by atoms with Gasteiger partial charge in [-0.3, -0.25) is 0 Å². The lowest BCUT2D eigenvalue weighted by molar-refractivity contribution is -0.138. The molecule has 12 heteroatoms. The molecule has 0 fully saturated rings. The summed E-state index contributed by atoms with van der Waals surface area (Å²) in [5, 5.41) is 17.0. The summed E-state index contributed by atoms with van der Waals surface area (Å²) in [4.78, 5) is 39.0. The first-order chi connectivity index (χ1) is 23.7. The van der Waals surface area contributed by atoms with Gasteiger partial charge < -0.3 is 24.0 Å². The first-order valence-electron chi connectivity index (χ1n) is 15.2. The average molecular weight is 661 g/mol. The van der Waals surface area contributed by atoms with Crippen LogP contribution in [0.2, 0.25) is 0 Å². The second kappa shape index (κ2) is 18.0. The fourth-order valence-corrected chi connectivity index (χ4v) is 4.13. The van der Waals surface area contributed by atoms with E-state index in [1.807, 2.05) is 72.4 Å². The van der Waals surface area contributed by atoms with Gasteiger partial charge in [-0.1, -0.05) is 13.2 Å². The fourth-order valence-electron chi connectivity index (χ4n) is 4.13. The van der Waals surface area contributed by atoms with Crippen LogP contribution in [-0.4, -0.2) is 58.3 Å². The van der Waals surface area contributed by atoms with Gasteiger partial charge in [0.15, 0.2) is 0 Å². The predicted octanol–water partition coefficient (Wildman–Crippen LogP) is 8.07. The van der Waals surface area contributed by atoms with E-state index in [1.165, 1.54) is 0 Å². The van der Waals surface area contributed by atoms with Gasteiger partial charge in [0, 0.05) is 37.6 Å². The molecule has 0 saturated carbocycles. The van der Waals surface area contributed by atoms with Gasteiger partial charge in [-0.15, -0.1) is 0 Å². The standard InChI is InChI=1S/C37H36N6O6/c1-5-35(44)47-25-23-42(3)32-17-11-29(12-18-32)39-38-28-9-7-27(8-10-28)37(46)49-34-21-15-31(16-22-34)41-40-30-13-19-33(20-14-30)43(4)24-26-48-36(45)6-2/h5-22H,1-2,23-26H2,3-4H3. The SMILES string of the molecule is C=CC(=O)OCCN(C)c1ccc(N=Nc2ccc(OC(=O)c3ccc(N=Nc4ccc(N(C)CCOC(=O)C=C)cc4)cc3)cc2)cc1. The van der Waals surface area contributed by atoms with Crippen molar-refractivity contribution in [2.24, 2.45) is 20.5 Å². The van der Waals surface area contributed by atoms with Gasteiger partial charge in [-0.05, 0) is 97.1 Å². The molecule has 0 bridgehead atoms. The smallest absolute Gasteiger partial charge is 0.343 e. The Hall–Kier alpha value is -6.43. The van der Waals surface area contributed by atoms with Crippen molar-refractivity contribution in [1.29, 1.82) is 0 Å². The first-order valence-corrected chi connectivity index (χ1v) is 15.2. The molecule has 4 rings (SSSR count). The zero-order valence-corrected chi connectivity index (χ0v) is 27.3. The van der Waals surface area contributed by atoms with E-state index in [0.717, 1.165) is 23.5 Å². The second-order valence-electron chi connectivity index (χ2n) is 10.4. The van der Waals surface area contributed by atoms with Crippen molar-refractivity contribution < 1.29 is 28.6 Å². The molecule has 250 valence electrons. The predicted molar refractivity (Wildman–Crippen MR) is 188 cm³/mol. The number of esters is 3. The van der Waals surface area contributed by atoms with E-state index in [2.05, 4.69) is 33.6 Å². The Labute approximate surface area is 284 Å². The molecular weight excluding hydrogens is 624 g/mol. The van der Waals surface area contributed by atoms with Crippen LogP contribution in [0, 0.1) is 0 Å². The lowest BCUT2D eigenvalue weighted by Gasteiger charge is -2.18. The highest BCUT2D eigenvalue weighted by atomic mass is 16.5. The van der Waals surface area contributed by atoms with Crippen LogP contribution >= 0.6 is 0 Å². The number of carbonyl (C=O) groups excluding carboxylic acids is 3. The maximum Gasteiger partial charge on any atom is 0.343 e. The van der Waals surface area contributed by atoms with Crippen molar-refractivity contribution in [1.82, 2.24) is 0 Å². The maximum absolute atomic E-state index is 12.7. The molecule has 0 unspecified atom stereocenters. The van der Waals surface area contributed by atoms with Crippen LogP contribution in [0.15, 0.2) is 143 Å². The van der Waals surface area contributed by atoms with Gasteiger partial charge in [-0.25, -0.2) is 14.4 Å². The molecule has 0 aromatic heterocycles. The fraction of sp³-hybridized carbons (Fsp3) is 0.162. The van der Waals surface area contributed by atoms with Crippen molar-refractivity contribution in [2.45, 2.75) is 0 Å². The molecule has 0 amide bonds. The third kappa shape index (κ3) is 11.4. The number of carbonyl (C=O) groups is 3. The third-order valence-corrected chi connectivity index (χ3v) is 6.97. The Balaban J connectivity index is 1.23. The minimum atomic E-state index is -0.513. The largest absolute Gasteiger partial charge is 0.461 e. The Bertz CT molecular complexity index is 1790. The number of anilines is 2. The Kier molecular flexibility index (Phi) is 13.0. The zero-order chi connectivity index (χ0) is 35.0. The van der Waals surface area contributed by atoms with Crippen molar-refractivity contribution >= 4 is 52.0 Å². The number of benzene rings is 4. The van der Waals surface area contributed by atoms with Crippen molar-refractivity contribution in [2.75, 3.05) is 50.2 Å². The number of azo groups is 2. The molecule has 0 radical (unpaired) electrons. The summed E-state index contributed by atoms with van der Waals surface area (Å²) in [5.74, 6) is -1.05. The van der Waals surface area contributed by atoms with Crippen molar-refractivity contribution in [3.63, 3.8) is 0 Å². The Morgan fingerprint density at radius 2 is 0.918 bits per heavy atom. The number of hydrogen-bond acceptors (Lipinski definition) is 12. The number of rotatable bonds is 16. The maximum atomic E-state index is 12.7. The molecule has 0 aliphatic heterocycles. The summed E-state index contributed by atoms with van der Waals surface area (Å²) in [5.41, 5.74) is 4.72. The van der Waals surface area contributed by atoms with Gasteiger partial charge in [0.1, 0.15) is 19.0 Å². The van der Waals surface area contributed by atoms with E-state index in [4.69, 9.17) is 14.2 Å². The Morgan fingerprint density at radius 1 is 0.571 bits per heavy atom. The highest BCUT2D eigenvalue weighted by molar-refractivity contribution is 5.91. The molecule has 0 spiro atoms. The normalized spacial score (nSPS) is 10.8. The molecule has 0 heterocycles.